The van der Waals surface area contributed by atoms with Gasteiger partial charge in [0.15, 0.2) is 11.5 Å². The Kier molecular flexibility index (Phi) is 5.78. The van der Waals surface area contributed by atoms with Crippen molar-refractivity contribution in [2.75, 3.05) is 14.2 Å². The molecule has 2 aromatic carbocycles. The maximum absolute atomic E-state index is 12.2. The zero-order chi connectivity index (χ0) is 17.5. The van der Waals surface area contributed by atoms with E-state index in [4.69, 9.17) is 9.47 Å². The van der Waals surface area contributed by atoms with Crippen LogP contribution in [-0.4, -0.2) is 37.2 Å². The number of benzene rings is 2. The standard InChI is InChI=1S/C18H19NO5/c1-23-15-9-8-12(11-16(15)24-2)10-14(18(21)22)19-17(20)13-6-4-3-5-7-13/h3-9,11,14H,10H2,1-2H3,(H,19,20)(H,21,22)/t14-/m0/s1. The molecule has 0 fully saturated rings. The van der Waals surface area contributed by atoms with E-state index in [0.29, 0.717) is 22.6 Å². The first-order valence-corrected chi connectivity index (χ1v) is 7.34. The molecule has 24 heavy (non-hydrogen) atoms. The highest BCUT2D eigenvalue weighted by Gasteiger charge is 2.21. The van der Waals surface area contributed by atoms with E-state index >= 15 is 0 Å². The smallest absolute Gasteiger partial charge is 0.326 e. The number of carbonyl (C=O) groups is 2. The summed E-state index contributed by atoms with van der Waals surface area (Å²) in [6.45, 7) is 0. The van der Waals surface area contributed by atoms with Gasteiger partial charge in [-0.3, -0.25) is 4.79 Å². The first kappa shape index (κ1) is 17.3. The van der Waals surface area contributed by atoms with Gasteiger partial charge in [0.2, 0.25) is 0 Å². The number of carboxylic acid groups (broad SMARTS) is 1. The highest BCUT2D eigenvalue weighted by atomic mass is 16.5. The third-order valence-electron chi connectivity index (χ3n) is 3.53. The predicted octanol–water partition coefficient (Wildman–Crippen LogP) is 2.13. The predicted molar refractivity (Wildman–Crippen MR) is 88.6 cm³/mol. The van der Waals surface area contributed by atoms with Crippen molar-refractivity contribution in [1.82, 2.24) is 5.32 Å². The summed E-state index contributed by atoms with van der Waals surface area (Å²) in [7, 11) is 3.03. The molecule has 6 nitrogen and oxygen atoms in total. The number of aliphatic carboxylic acids is 1. The Bertz CT molecular complexity index is 715. The van der Waals surface area contributed by atoms with Gasteiger partial charge >= 0.3 is 5.97 Å². The molecule has 0 bridgehead atoms. The van der Waals surface area contributed by atoms with E-state index in [0.717, 1.165) is 0 Å². The summed E-state index contributed by atoms with van der Waals surface area (Å²) < 4.78 is 10.4. The van der Waals surface area contributed by atoms with Crippen LogP contribution in [0.4, 0.5) is 0 Å². The fourth-order valence-electron chi connectivity index (χ4n) is 2.27. The van der Waals surface area contributed by atoms with Crippen LogP contribution in [0.5, 0.6) is 11.5 Å². The monoisotopic (exact) mass is 329 g/mol. The quantitative estimate of drug-likeness (QED) is 0.813. The molecule has 2 N–H and O–H groups in total. The number of carboxylic acids is 1. The van der Waals surface area contributed by atoms with Crippen LogP contribution < -0.4 is 14.8 Å². The number of hydrogen-bond donors (Lipinski definition) is 2. The molecule has 0 heterocycles. The minimum Gasteiger partial charge on any atom is -0.493 e. The Morgan fingerprint density at radius 2 is 1.71 bits per heavy atom. The Morgan fingerprint density at radius 1 is 1.04 bits per heavy atom. The average Bonchev–Trinajstić information content (AvgIpc) is 2.61. The van der Waals surface area contributed by atoms with Crippen molar-refractivity contribution in [3.05, 3.63) is 59.7 Å². The van der Waals surface area contributed by atoms with Gasteiger partial charge in [0.05, 0.1) is 14.2 Å². The van der Waals surface area contributed by atoms with Gasteiger partial charge in [0.25, 0.3) is 5.91 Å². The van der Waals surface area contributed by atoms with Gasteiger partial charge in [-0.25, -0.2) is 4.79 Å². The van der Waals surface area contributed by atoms with Crippen molar-refractivity contribution in [2.24, 2.45) is 0 Å². The summed E-state index contributed by atoms with van der Waals surface area (Å²) in [5, 5.41) is 11.9. The van der Waals surface area contributed by atoms with E-state index in [-0.39, 0.29) is 6.42 Å². The number of rotatable bonds is 7. The van der Waals surface area contributed by atoms with Crippen LogP contribution in [0.2, 0.25) is 0 Å². The van der Waals surface area contributed by atoms with Crippen molar-refractivity contribution in [2.45, 2.75) is 12.5 Å². The van der Waals surface area contributed by atoms with Gasteiger partial charge in [-0.1, -0.05) is 24.3 Å². The molecule has 6 heteroatoms. The number of methoxy groups -OCH3 is 2. The zero-order valence-corrected chi connectivity index (χ0v) is 13.5. The lowest BCUT2D eigenvalue weighted by Crippen LogP contribution is -2.42. The molecule has 1 amide bonds. The van der Waals surface area contributed by atoms with E-state index in [1.807, 2.05) is 0 Å². The Labute approximate surface area is 140 Å². The number of amides is 1. The van der Waals surface area contributed by atoms with Crippen LogP contribution in [0.3, 0.4) is 0 Å². The van der Waals surface area contributed by atoms with E-state index in [1.54, 1.807) is 48.5 Å². The number of ether oxygens (including phenoxy) is 2. The second-order valence-corrected chi connectivity index (χ2v) is 5.12. The second kappa shape index (κ2) is 8.01. The molecule has 0 aromatic heterocycles. The molecule has 0 spiro atoms. The molecule has 0 aliphatic carbocycles. The molecular formula is C18H19NO5. The minimum absolute atomic E-state index is 0.133. The van der Waals surface area contributed by atoms with Crippen LogP contribution in [0, 0.1) is 0 Å². The zero-order valence-electron chi connectivity index (χ0n) is 13.5. The van der Waals surface area contributed by atoms with Crippen molar-refractivity contribution in [3.8, 4) is 11.5 Å². The van der Waals surface area contributed by atoms with Gasteiger partial charge in [-0.15, -0.1) is 0 Å². The van der Waals surface area contributed by atoms with Crippen molar-refractivity contribution in [1.29, 1.82) is 0 Å². The van der Waals surface area contributed by atoms with Gasteiger partial charge in [-0.05, 0) is 29.8 Å². The maximum Gasteiger partial charge on any atom is 0.326 e. The molecule has 2 rings (SSSR count). The lowest BCUT2D eigenvalue weighted by molar-refractivity contribution is -0.139. The summed E-state index contributed by atoms with van der Waals surface area (Å²) in [6, 6.07) is 12.6. The van der Waals surface area contributed by atoms with Crippen molar-refractivity contribution >= 4 is 11.9 Å². The molecule has 0 saturated carbocycles. The lowest BCUT2D eigenvalue weighted by atomic mass is 10.0. The molecular weight excluding hydrogens is 310 g/mol. The normalized spacial score (nSPS) is 11.4. The number of carbonyl (C=O) groups excluding carboxylic acids is 1. The van der Waals surface area contributed by atoms with Gasteiger partial charge in [0.1, 0.15) is 6.04 Å². The summed E-state index contributed by atoms with van der Waals surface area (Å²) in [6.07, 6.45) is 0.133. The van der Waals surface area contributed by atoms with Crippen LogP contribution >= 0.6 is 0 Å². The van der Waals surface area contributed by atoms with E-state index < -0.39 is 17.9 Å². The van der Waals surface area contributed by atoms with Gasteiger partial charge in [0, 0.05) is 12.0 Å². The number of hydrogen-bond acceptors (Lipinski definition) is 4. The second-order valence-electron chi connectivity index (χ2n) is 5.12. The molecule has 0 saturated heterocycles. The summed E-state index contributed by atoms with van der Waals surface area (Å²) in [5.41, 5.74) is 1.13. The highest BCUT2D eigenvalue weighted by molar-refractivity contribution is 5.96. The SMILES string of the molecule is COc1ccc(C[C@H](NC(=O)c2ccccc2)C(=O)O)cc1OC. The molecule has 1 atom stereocenters. The topological polar surface area (TPSA) is 84.9 Å². The Morgan fingerprint density at radius 3 is 2.29 bits per heavy atom. The summed E-state index contributed by atoms with van der Waals surface area (Å²) >= 11 is 0. The van der Waals surface area contributed by atoms with Crippen LogP contribution in [0.25, 0.3) is 0 Å². The van der Waals surface area contributed by atoms with E-state index in [2.05, 4.69) is 5.32 Å². The average molecular weight is 329 g/mol. The fourth-order valence-corrected chi connectivity index (χ4v) is 2.27. The molecule has 2 aromatic rings. The van der Waals surface area contributed by atoms with Crippen molar-refractivity contribution in [3.63, 3.8) is 0 Å². The van der Waals surface area contributed by atoms with Crippen LogP contribution in [-0.2, 0) is 11.2 Å². The van der Waals surface area contributed by atoms with Gasteiger partial charge in [-0.2, -0.15) is 0 Å². The third kappa shape index (κ3) is 4.25. The van der Waals surface area contributed by atoms with Crippen molar-refractivity contribution < 1.29 is 24.2 Å². The van der Waals surface area contributed by atoms with Gasteiger partial charge < -0.3 is 19.9 Å². The summed E-state index contributed by atoms with van der Waals surface area (Å²) in [4.78, 5) is 23.6. The molecule has 0 aliphatic heterocycles. The first-order chi connectivity index (χ1) is 11.5. The number of nitrogens with one attached hydrogen (secondary N) is 1. The minimum atomic E-state index is -1.10. The van der Waals surface area contributed by atoms with Crippen LogP contribution in [0.1, 0.15) is 15.9 Å². The third-order valence-corrected chi connectivity index (χ3v) is 3.53. The first-order valence-electron chi connectivity index (χ1n) is 7.34. The largest absolute Gasteiger partial charge is 0.493 e. The Balaban J connectivity index is 2.14. The molecule has 0 unspecified atom stereocenters. The van der Waals surface area contributed by atoms with E-state index in [9.17, 15) is 14.7 Å². The maximum atomic E-state index is 12.2. The van der Waals surface area contributed by atoms with E-state index in [1.165, 1.54) is 14.2 Å². The fraction of sp³-hybridized carbons (Fsp3) is 0.222. The highest BCUT2D eigenvalue weighted by Crippen LogP contribution is 2.28. The molecule has 0 aliphatic rings. The summed E-state index contributed by atoms with van der Waals surface area (Å²) in [5.74, 6) is -0.465. The lowest BCUT2D eigenvalue weighted by Gasteiger charge is -2.16. The van der Waals surface area contributed by atoms with Crippen LogP contribution in [0.15, 0.2) is 48.5 Å². The molecule has 126 valence electrons. The molecule has 0 radical (unpaired) electrons. The Hall–Kier alpha value is -3.02.